The zero-order valence-corrected chi connectivity index (χ0v) is 20.5. The zero-order valence-electron chi connectivity index (χ0n) is 20.5. The summed E-state index contributed by atoms with van der Waals surface area (Å²) in [4.78, 5) is 43.5. The van der Waals surface area contributed by atoms with Gasteiger partial charge in [0, 0.05) is 54.3 Å². The molecule has 3 saturated heterocycles. The number of aromatic nitrogens is 1. The van der Waals surface area contributed by atoms with Gasteiger partial charge in [0.1, 0.15) is 5.82 Å². The fourth-order valence-electron chi connectivity index (χ4n) is 5.76. The first kappa shape index (κ1) is 24.2. The molecule has 1 aromatic carbocycles. The largest absolute Gasteiger partial charge is 0.382 e. The first-order valence-corrected chi connectivity index (χ1v) is 12.7. The third-order valence-electron chi connectivity index (χ3n) is 7.58. The number of carbonyl (C=O) groups excluding carboxylic acids is 3. The predicted octanol–water partition coefficient (Wildman–Crippen LogP) is 2.90. The van der Waals surface area contributed by atoms with Gasteiger partial charge in [-0.2, -0.15) is 0 Å². The number of ether oxygens (including phenoxy) is 1. The number of amides is 2. The molecule has 0 radical (unpaired) electrons. The molecule has 4 N–H and O–H groups in total. The number of ketones is 1. The van der Waals surface area contributed by atoms with Gasteiger partial charge in [-0.25, -0.2) is 4.98 Å². The van der Waals surface area contributed by atoms with Gasteiger partial charge in [0.05, 0.1) is 11.7 Å². The van der Waals surface area contributed by atoms with Crippen molar-refractivity contribution in [3.63, 3.8) is 0 Å². The summed E-state index contributed by atoms with van der Waals surface area (Å²) in [5.41, 5.74) is 7.58. The first-order valence-electron chi connectivity index (χ1n) is 12.7. The van der Waals surface area contributed by atoms with Gasteiger partial charge in [-0.3, -0.25) is 14.4 Å². The summed E-state index contributed by atoms with van der Waals surface area (Å²) in [5.74, 6) is 0.201. The van der Waals surface area contributed by atoms with Gasteiger partial charge in [0.15, 0.2) is 5.78 Å². The number of piperidine rings is 1. The van der Waals surface area contributed by atoms with Crippen molar-refractivity contribution in [2.45, 2.75) is 69.7 Å². The van der Waals surface area contributed by atoms with Crippen LogP contribution in [0.25, 0.3) is 0 Å². The molecule has 3 aliphatic rings. The van der Waals surface area contributed by atoms with Crippen molar-refractivity contribution in [3.8, 4) is 0 Å². The Bertz CT molecular complexity index is 1130. The lowest BCUT2D eigenvalue weighted by atomic mass is 9.96. The van der Waals surface area contributed by atoms with Crippen LogP contribution in [-0.4, -0.2) is 60.0 Å². The Kier molecular flexibility index (Phi) is 6.91. The van der Waals surface area contributed by atoms with Crippen molar-refractivity contribution in [1.29, 1.82) is 0 Å². The fraction of sp³-hybridized carbons (Fsp3) is 0.481. The number of nitrogens with one attached hydrogen (secondary N) is 2. The van der Waals surface area contributed by atoms with E-state index in [2.05, 4.69) is 20.5 Å². The average molecular weight is 492 g/mol. The Hall–Kier alpha value is -3.46. The van der Waals surface area contributed by atoms with Gasteiger partial charge in [0.2, 0.25) is 0 Å². The molecule has 4 heterocycles. The number of nitrogens with two attached hydrogens (primary N) is 1. The van der Waals surface area contributed by atoms with Crippen LogP contribution in [-0.2, 0) is 4.74 Å². The molecule has 36 heavy (non-hydrogen) atoms. The van der Waals surface area contributed by atoms with E-state index >= 15 is 0 Å². The number of hydrogen-bond acceptors (Lipinski definition) is 7. The van der Waals surface area contributed by atoms with Crippen LogP contribution in [0.3, 0.4) is 0 Å². The molecule has 0 aliphatic carbocycles. The summed E-state index contributed by atoms with van der Waals surface area (Å²) in [7, 11) is 0. The second kappa shape index (κ2) is 10.3. The van der Waals surface area contributed by atoms with Crippen LogP contribution in [0.1, 0.15) is 76.5 Å². The lowest BCUT2D eigenvalue weighted by Crippen LogP contribution is -2.50. The number of benzene rings is 1. The van der Waals surface area contributed by atoms with E-state index in [-0.39, 0.29) is 23.8 Å². The summed E-state index contributed by atoms with van der Waals surface area (Å²) >= 11 is 0. The molecule has 5 rings (SSSR count). The molecule has 2 amide bonds. The van der Waals surface area contributed by atoms with Gasteiger partial charge in [-0.05, 0) is 75.8 Å². The van der Waals surface area contributed by atoms with E-state index in [1.54, 1.807) is 31.3 Å². The maximum atomic E-state index is 13.2. The molecule has 2 bridgehead atoms. The molecular weight excluding hydrogens is 458 g/mol. The van der Waals surface area contributed by atoms with Crippen molar-refractivity contribution >= 4 is 29.1 Å². The molecule has 0 spiro atoms. The third kappa shape index (κ3) is 5.06. The summed E-state index contributed by atoms with van der Waals surface area (Å²) in [6.07, 6.45) is 7.51. The highest BCUT2D eigenvalue weighted by molar-refractivity contribution is 6.02. The van der Waals surface area contributed by atoms with Crippen molar-refractivity contribution in [2.75, 3.05) is 23.4 Å². The maximum absolute atomic E-state index is 13.2. The number of fused-ring (bicyclic) bond motifs is 2. The van der Waals surface area contributed by atoms with E-state index in [1.807, 2.05) is 12.1 Å². The molecule has 0 saturated carbocycles. The summed E-state index contributed by atoms with van der Waals surface area (Å²) in [6.45, 7) is 2.85. The highest BCUT2D eigenvalue weighted by Crippen LogP contribution is 2.38. The Labute approximate surface area is 210 Å². The fourth-order valence-corrected chi connectivity index (χ4v) is 5.76. The number of carbonyl (C=O) groups is 3. The van der Waals surface area contributed by atoms with Crippen molar-refractivity contribution in [1.82, 2.24) is 10.3 Å². The minimum absolute atomic E-state index is 0.00697. The maximum Gasteiger partial charge on any atom is 0.251 e. The van der Waals surface area contributed by atoms with Crippen LogP contribution >= 0.6 is 0 Å². The molecule has 1 unspecified atom stereocenters. The molecule has 2 aromatic rings. The first-order chi connectivity index (χ1) is 17.4. The monoisotopic (exact) mass is 491 g/mol. The van der Waals surface area contributed by atoms with Gasteiger partial charge >= 0.3 is 0 Å². The minimum Gasteiger partial charge on any atom is -0.382 e. The Balaban J connectivity index is 1.24. The Morgan fingerprint density at radius 2 is 1.83 bits per heavy atom. The number of anilines is 2. The molecule has 3 aliphatic heterocycles. The van der Waals surface area contributed by atoms with E-state index in [4.69, 9.17) is 10.5 Å². The van der Waals surface area contributed by atoms with Crippen molar-refractivity contribution < 1.29 is 19.1 Å². The summed E-state index contributed by atoms with van der Waals surface area (Å²) < 4.78 is 5.65. The summed E-state index contributed by atoms with van der Waals surface area (Å²) in [6, 6.07) is 9.37. The topological polar surface area (TPSA) is 127 Å². The van der Waals surface area contributed by atoms with E-state index in [0.717, 1.165) is 50.9 Å². The average Bonchev–Trinajstić information content (AvgIpc) is 3.48. The van der Waals surface area contributed by atoms with Crippen LogP contribution < -0.4 is 21.3 Å². The predicted molar refractivity (Wildman–Crippen MR) is 136 cm³/mol. The van der Waals surface area contributed by atoms with Crippen LogP contribution in [0.5, 0.6) is 0 Å². The lowest BCUT2D eigenvalue weighted by Gasteiger charge is -2.40. The van der Waals surface area contributed by atoms with Gasteiger partial charge in [-0.1, -0.05) is 0 Å². The molecule has 9 nitrogen and oxygen atoms in total. The van der Waals surface area contributed by atoms with Crippen LogP contribution in [0.4, 0.5) is 11.5 Å². The van der Waals surface area contributed by atoms with E-state index in [1.165, 1.54) is 0 Å². The number of primary amides is 1. The van der Waals surface area contributed by atoms with Crippen LogP contribution in [0.15, 0.2) is 36.5 Å². The normalized spacial score (nSPS) is 25.0. The number of Topliss-reactive ketones (excluding diaryl/α,β-unsaturated/α-hetero) is 1. The number of hydrogen-bond donors (Lipinski definition) is 3. The van der Waals surface area contributed by atoms with E-state index < -0.39 is 5.91 Å². The van der Waals surface area contributed by atoms with Crippen molar-refractivity contribution in [3.05, 3.63) is 53.2 Å². The van der Waals surface area contributed by atoms with E-state index in [0.29, 0.717) is 41.0 Å². The number of pyridine rings is 1. The highest BCUT2D eigenvalue weighted by atomic mass is 16.5. The molecule has 3 fully saturated rings. The van der Waals surface area contributed by atoms with Gasteiger partial charge in [0.25, 0.3) is 11.8 Å². The standard InChI is InChI=1S/C27H33N5O4/c1-16(33)18-5-9-25(30-14-18)32-20-6-7-21(32)13-19(12-20)31-27(35)17-4-8-23(26(28)34)24(11-17)29-15-22-3-2-10-36-22/h4-5,8-9,11,14,19-22,29H,2-3,6-7,10,12-13,15H2,1H3,(H2,28,34)(H,31,35)/t19-,20+,21-,22?. The van der Waals surface area contributed by atoms with Crippen LogP contribution in [0, 0.1) is 0 Å². The molecular formula is C27H33N5O4. The molecule has 1 aromatic heterocycles. The molecule has 190 valence electrons. The number of nitrogens with zero attached hydrogens (tertiary/aromatic N) is 2. The van der Waals surface area contributed by atoms with Gasteiger partial charge in [-0.15, -0.1) is 0 Å². The Morgan fingerprint density at radius 3 is 2.44 bits per heavy atom. The quantitative estimate of drug-likeness (QED) is 0.485. The highest BCUT2D eigenvalue weighted by Gasteiger charge is 2.41. The van der Waals surface area contributed by atoms with Crippen molar-refractivity contribution in [2.24, 2.45) is 5.73 Å². The smallest absolute Gasteiger partial charge is 0.251 e. The minimum atomic E-state index is -0.536. The zero-order chi connectivity index (χ0) is 25.2. The third-order valence-corrected chi connectivity index (χ3v) is 7.58. The second-order valence-corrected chi connectivity index (χ2v) is 10.0. The Morgan fingerprint density at radius 1 is 1.08 bits per heavy atom. The lowest BCUT2D eigenvalue weighted by molar-refractivity contribution is 0.0924. The second-order valence-electron chi connectivity index (χ2n) is 10.0. The van der Waals surface area contributed by atoms with E-state index in [9.17, 15) is 14.4 Å². The molecule has 4 atom stereocenters. The van der Waals surface area contributed by atoms with Gasteiger partial charge < -0.3 is 26.0 Å². The van der Waals surface area contributed by atoms with Crippen LogP contribution in [0.2, 0.25) is 0 Å². The number of rotatable bonds is 8. The molecule has 9 heteroatoms. The SMILES string of the molecule is CC(=O)c1ccc(N2[C@@H]3CC[C@H]2C[C@@H](NC(=O)c2ccc(C(N)=O)c(NCC4CCCO4)c2)C3)nc1. The summed E-state index contributed by atoms with van der Waals surface area (Å²) in [5, 5.41) is 6.46.